The van der Waals surface area contributed by atoms with E-state index in [0.717, 1.165) is 13.1 Å². The number of ether oxygens (including phenoxy) is 1. The molecule has 0 aliphatic carbocycles. The van der Waals surface area contributed by atoms with E-state index >= 15 is 0 Å². The highest BCUT2D eigenvalue weighted by atomic mass is 16.5. The maximum absolute atomic E-state index is 10.2. The van der Waals surface area contributed by atoms with Gasteiger partial charge in [-0.25, -0.2) is 0 Å². The molecule has 1 aliphatic rings. The maximum Gasteiger partial charge on any atom is 0.103 e. The minimum absolute atomic E-state index is 0.130. The number of hydrogen-bond acceptors (Lipinski definition) is 3. The Labute approximate surface area is 122 Å². The van der Waals surface area contributed by atoms with Crippen LogP contribution in [0.25, 0.3) is 0 Å². The second kappa shape index (κ2) is 5.74. The Balaban J connectivity index is 2.15. The maximum atomic E-state index is 10.2. The molecule has 0 saturated carbocycles. The molecule has 0 spiro atoms. The van der Waals surface area contributed by atoms with Gasteiger partial charge in [0, 0.05) is 18.8 Å². The molecule has 2 rings (SSSR count). The molecule has 1 N–H and O–H groups in total. The van der Waals surface area contributed by atoms with Gasteiger partial charge in [-0.15, -0.1) is 0 Å². The van der Waals surface area contributed by atoms with Crippen molar-refractivity contribution in [2.45, 2.75) is 58.3 Å². The Morgan fingerprint density at radius 3 is 2.30 bits per heavy atom. The second-order valence-corrected chi connectivity index (χ2v) is 6.74. The van der Waals surface area contributed by atoms with E-state index in [-0.39, 0.29) is 12.2 Å². The van der Waals surface area contributed by atoms with E-state index in [1.165, 1.54) is 11.3 Å². The summed E-state index contributed by atoms with van der Waals surface area (Å²) >= 11 is 0. The molecule has 0 bridgehead atoms. The molecular formula is C17H27NO2. The minimum atomic E-state index is -0.815. The summed E-state index contributed by atoms with van der Waals surface area (Å²) in [4.78, 5) is 2.31. The van der Waals surface area contributed by atoms with Crippen molar-refractivity contribution in [3.05, 3.63) is 29.8 Å². The summed E-state index contributed by atoms with van der Waals surface area (Å²) in [6.45, 7) is 11.7. The van der Waals surface area contributed by atoms with E-state index in [4.69, 9.17) is 4.74 Å². The zero-order chi connectivity index (χ0) is 14.9. The van der Waals surface area contributed by atoms with Gasteiger partial charge in [0.2, 0.25) is 0 Å². The summed E-state index contributed by atoms with van der Waals surface area (Å²) in [5.41, 5.74) is 1.75. The van der Waals surface area contributed by atoms with Gasteiger partial charge in [-0.05, 0) is 44.4 Å². The Morgan fingerprint density at radius 2 is 1.80 bits per heavy atom. The lowest BCUT2D eigenvalue weighted by atomic mass is 9.98. The number of hydrogen-bond donors (Lipinski definition) is 1. The van der Waals surface area contributed by atoms with Crippen molar-refractivity contribution in [3.63, 3.8) is 0 Å². The first-order chi connectivity index (χ1) is 9.27. The third kappa shape index (κ3) is 3.53. The molecule has 0 unspecified atom stereocenters. The van der Waals surface area contributed by atoms with Gasteiger partial charge in [0.25, 0.3) is 0 Å². The van der Waals surface area contributed by atoms with Crippen molar-refractivity contribution in [1.29, 1.82) is 0 Å². The Bertz CT molecular complexity index is 433. The molecule has 1 aromatic carbocycles. The quantitative estimate of drug-likeness (QED) is 0.921. The van der Waals surface area contributed by atoms with Crippen molar-refractivity contribution in [1.82, 2.24) is 0 Å². The largest absolute Gasteiger partial charge is 0.388 e. The highest BCUT2D eigenvalue weighted by Crippen LogP contribution is 2.26. The van der Waals surface area contributed by atoms with Crippen LogP contribution in [0.3, 0.4) is 0 Å². The van der Waals surface area contributed by atoms with E-state index in [1.54, 1.807) is 0 Å². The number of morpholine rings is 1. The van der Waals surface area contributed by atoms with Crippen molar-refractivity contribution >= 4 is 5.69 Å². The summed E-state index contributed by atoms with van der Waals surface area (Å²) in [5, 5.41) is 10.2. The smallest absolute Gasteiger partial charge is 0.103 e. The molecule has 3 nitrogen and oxygen atoms in total. The number of rotatable bonds is 3. The van der Waals surface area contributed by atoms with Crippen LogP contribution in [0, 0.1) is 0 Å². The standard InChI is InChI=1S/C17H27NO2/c1-12(2)14-6-8-15(9-7-14)18-10-13(3)20-16(11-18)17(4,5)19/h6-9,12-13,16,19H,10-11H2,1-5H3/t13-,16-/m0/s1. The van der Waals surface area contributed by atoms with Gasteiger partial charge in [-0.2, -0.15) is 0 Å². The number of nitrogens with zero attached hydrogens (tertiary/aromatic N) is 1. The first-order valence-electron chi connectivity index (χ1n) is 7.50. The molecule has 3 heteroatoms. The molecular weight excluding hydrogens is 250 g/mol. The molecule has 1 saturated heterocycles. The highest BCUT2D eigenvalue weighted by Gasteiger charge is 2.35. The van der Waals surface area contributed by atoms with E-state index in [9.17, 15) is 5.11 Å². The van der Waals surface area contributed by atoms with Crippen LogP contribution in [0.4, 0.5) is 5.69 Å². The van der Waals surface area contributed by atoms with Crippen LogP contribution >= 0.6 is 0 Å². The average molecular weight is 277 g/mol. The molecule has 1 aromatic rings. The van der Waals surface area contributed by atoms with Crippen LogP contribution in [-0.2, 0) is 4.74 Å². The molecule has 20 heavy (non-hydrogen) atoms. The summed E-state index contributed by atoms with van der Waals surface area (Å²) < 4.78 is 5.87. The van der Waals surface area contributed by atoms with E-state index in [1.807, 2.05) is 13.8 Å². The lowest BCUT2D eigenvalue weighted by Crippen LogP contribution is -2.54. The first kappa shape index (κ1) is 15.3. The van der Waals surface area contributed by atoms with Crippen LogP contribution in [0.1, 0.15) is 46.1 Å². The Morgan fingerprint density at radius 1 is 1.20 bits per heavy atom. The molecule has 0 amide bonds. The molecule has 0 aromatic heterocycles. The van der Waals surface area contributed by atoms with Crippen LogP contribution < -0.4 is 4.90 Å². The van der Waals surface area contributed by atoms with Gasteiger partial charge in [0.1, 0.15) is 6.10 Å². The second-order valence-electron chi connectivity index (χ2n) is 6.74. The van der Waals surface area contributed by atoms with Gasteiger partial charge in [-0.1, -0.05) is 26.0 Å². The van der Waals surface area contributed by atoms with E-state index < -0.39 is 5.60 Å². The zero-order valence-electron chi connectivity index (χ0n) is 13.3. The SMILES string of the molecule is CC(C)c1ccc(N2C[C@@H](C(C)(C)O)O[C@@H](C)C2)cc1. The predicted octanol–water partition coefficient (Wildman–Crippen LogP) is 3.17. The lowest BCUT2D eigenvalue weighted by Gasteiger charge is -2.42. The predicted molar refractivity (Wildman–Crippen MR) is 83.4 cm³/mol. The van der Waals surface area contributed by atoms with Crippen molar-refractivity contribution < 1.29 is 9.84 Å². The molecule has 0 radical (unpaired) electrons. The molecule has 1 heterocycles. The Kier molecular flexibility index (Phi) is 4.40. The summed E-state index contributed by atoms with van der Waals surface area (Å²) in [5.74, 6) is 0.553. The molecule has 1 aliphatic heterocycles. The van der Waals surface area contributed by atoms with Gasteiger partial charge in [-0.3, -0.25) is 0 Å². The number of benzene rings is 1. The van der Waals surface area contributed by atoms with Crippen LogP contribution in [0.5, 0.6) is 0 Å². The third-order valence-corrected chi connectivity index (χ3v) is 3.97. The first-order valence-corrected chi connectivity index (χ1v) is 7.50. The highest BCUT2D eigenvalue weighted by molar-refractivity contribution is 5.48. The Hall–Kier alpha value is -1.06. The number of anilines is 1. The fraction of sp³-hybridized carbons (Fsp3) is 0.647. The summed E-state index contributed by atoms with van der Waals surface area (Å²) in [7, 11) is 0. The van der Waals surface area contributed by atoms with Crippen LogP contribution in [-0.4, -0.2) is 36.0 Å². The summed E-state index contributed by atoms with van der Waals surface area (Å²) in [6.07, 6.45) is -0.0269. The third-order valence-electron chi connectivity index (χ3n) is 3.97. The van der Waals surface area contributed by atoms with Crippen molar-refractivity contribution in [2.24, 2.45) is 0 Å². The van der Waals surface area contributed by atoms with Gasteiger partial charge in [0.05, 0.1) is 11.7 Å². The molecule has 1 fully saturated rings. The normalized spacial score (nSPS) is 24.2. The zero-order valence-corrected chi connectivity index (χ0v) is 13.3. The van der Waals surface area contributed by atoms with E-state index in [0.29, 0.717) is 5.92 Å². The fourth-order valence-corrected chi connectivity index (χ4v) is 2.62. The molecule has 2 atom stereocenters. The summed E-state index contributed by atoms with van der Waals surface area (Å²) in [6, 6.07) is 8.74. The van der Waals surface area contributed by atoms with E-state index in [2.05, 4.69) is 49.9 Å². The fourth-order valence-electron chi connectivity index (χ4n) is 2.62. The monoisotopic (exact) mass is 277 g/mol. The molecule has 112 valence electrons. The average Bonchev–Trinajstić information content (AvgIpc) is 2.37. The van der Waals surface area contributed by atoms with Gasteiger partial charge < -0.3 is 14.7 Å². The topological polar surface area (TPSA) is 32.7 Å². The van der Waals surface area contributed by atoms with Gasteiger partial charge in [0.15, 0.2) is 0 Å². The van der Waals surface area contributed by atoms with Crippen molar-refractivity contribution in [2.75, 3.05) is 18.0 Å². The van der Waals surface area contributed by atoms with Crippen molar-refractivity contribution in [3.8, 4) is 0 Å². The van der Waals surface area contributed by atoms with Crippen LogP contribution in [0.15, 0.2) is 24.3 Å². The van der Waals surface area contributed by atoms with Gasteiger partial charge >= 0.3 is 0 Å². The van der Waals surface area contributed by atoms with Crippen LogP contribution in [0.2, 0.25) is 0 Å². The minimum Gasteiger partial charge on any atom is -0.388 e. The number of aliphatic hydroxyl groups is 1. The lowest BCUT2D eigenvalue weighted by molar-refractivity contribution is -0.120.